The molecule has 8 heteroatoms. The van der Waals surface area contributed by atoms with Crippen LogP contribution < -0.4 is 19.7 Å². The summed E-state index contributed by atoms with van der Waals surface area (Å²) in [6, 6.07) is 7.87. The minimum Gasteiger partial charge on any atom is -0.493 e. The van der Waals surface area contributed by atoms with Crippen LogP contribution in [0.3, 0.4) is 0 Å². The lowest BCUT2D eigenvalue weighted by Crippen LogP contribution is -2.50. The van der Waals surface area contributed by atoms with Gasteiger partial charge in [-0.05, 0) is 31.0 Å². The fraction of sp³-hybridized carbons (Fsp3) is 0.542. The van der Waals surface area contributed by atoms with Crippen LogP contribution in [0.2, 0.25) is 0 Å². The molecule has 0 radical (unpaired) electrons. The zero-order chi connectivity index (χ0) is 23.1. The number of anilines is 1. The summed E-state index contributed by atoms with van der Waals surface area (Å²) in [5.41, 5.74) is 2.09. The Hall–Kier alpha value is -2.87. The number of methoxy groups -OCH3 is 2. The lowest BCUT2D eigenvalue weighted by Gasteiger charge is -2.35. The first kappa shape index (κ1) is 23.8. The second-order valence-electron chi connectivity index (χ2n) is 8.43. The van der Waals surface area contributed by atoms with Crippen LogP contribution in [0.15, 0.2) is 24.3 Å². The third kappa shape index (κ3) is 6.32. The SMILES string of the molecule is COc1ccc(CCNC(=O)CN2CCN(c3cc(C)nc(C(C)C)n3)CC2)cc1OC. The van der Waals surface area contributed by atoms with Crippen molar-refractivity contribution in [3.05, 3.63) is 41.3 Å². The van der Waals surface area contributed by atoms with E-state index in [-0.39, 0.29) is 5.91 Å². The van der Waals surface area contributed by atoms with Crippen molar-refractivity contribution in [1.29, 1.82) is 0 Å². The van der Waals surface area contributed by atoms with Gasteiger partial charge in [0.2, 0.25) is 5.91 Å². The highest BCUT2D eigenvalue weighted by molar-refractivity contribution is 5.78. The second-order valence-corrected chi connectivity index (χ2v) is 8.43. The van der Waals surface area contributed by atoms with Gasteiger partial charge in [0.05, 0.1) is 20.8 Å². The van der Waals surface area contributed by atoms with Gasteiger partial charge in [0.25, 0.3) is 0 Å². The molecule has 2 heterocycles. The van der Waals surface area contributed by atoms with E-state index >= 15 is 0 Å². The number of carbonyl (C=O) groups excluding carboxylic acids is 1. The second kappa shape index (κ2) is 11.1. The molecule has 1 aliphatic heterocycles. The van der Waals surface area contributed by atoms with Crippen molar-refractivity contribution in [1.82, 2.24) is 20.2 Å². The van der Waals surface area contributed by atoms with E-state index in [0.717, 1.165) is 55.5 Å². The van der Waals surface area contributed by atoms with Crippen LogP contribution in [0, 0.1) is 6.92 Å². The van der Waals surface area contributed by atoms with Gasteiger partial charge in [-0.1, -0.05) is 19.9 Å². The first-order valence-corrected chi connectivity index (χ1v) is 11.2. The molecule has 32 heavy (non-hydrogen) atoms. The van der Waals surface area contributed by atoms with E-state index in [0.29, 0.717) is 30.5 Å². The average Bonchev–Trinajstić information content (AvgIpc) is 2.79. The maximum absolute atomic E-state index is 12.4. The molecule has 0 saturated carbocycles. The number of rotatable bonds is 9. The van der Waals surface area contributed by atoms with Gasteiger partial charge in [0.15, 0.2) is 11.5 Å². The third-order valence-electron chi connectivity index (χ3n) is 5.62. The molecule has 3 rings (SSSR count). The number of nitrogens with one attached hydrogen (secondary N) is 1. The number of carbonyl (C=O) groups is 1. The van der Waals surface area contributed by atoms with Crippen molar-refractivity contribution in [3.8, 4) is 11.5 Å². The largest absolute Gasteiger partial charge is 0.493 e. The highest BCUT2D eigenvalue weighted by Crippen LogP contribution is 2.27. The van der Waals surface area contributed by atoms with Crippen LogP contribution in [0.5, 0.6) is 11.5 Å². The molecular weight excluding hydrogens is 406 g/mol. The molecule has 1 N–H and O–H groups in total. The Balaban J connectivity index is 1.43. The Morgan fingerprint density at radius 1 is 1.06 bits per heavy atom. The third-order valence-corrected chi connectivity index (χ3v) is 5.62. The number of hydrogen-bond donors (Lipinski definition) is 1. The molecule has 1 amide bonds. The number of nitrogens with zero attached hydrogens (tertiary/aromatic N) is 4. The monoisotopic (exact) mass is 441 g/mol. The highest BCUT2D eigenvalue weighted by atomic mass is 16.5. The number of aryl methyl sites for hydroxylation is 1. The van der Waals surface area contributed by atoms with Crippen molar-refractivity contribution >= 4 is 11.7 Å². The van der Waals surface area contributed by atoms with E-state index in [4.69, 9.17) is 14.5 Å². The molecule has 1 fully saturated rings. The predicted octanol–water partition coefficient (Wildman–Crippen LogP) is 2.41. The predicted molar refractivity (Wildman–Crippen MR) is 126 cm³/mol. The average molecular weight is 442 g/mol. The number of piperazine rings is 1. The van der Waals surface area contributed by atoms with Gasteiger partial charge in [0, 0.05) is 50.4 Å². The van der Waals surface area contributed by atoms with E-state index < -0.39 is 0 Å². The summed E-state index contributed by atoms with van der Waals surface area (Å²) >= 11 is 0. The fourth-order valence-electron chi connectivity index (χ4n) is 3.77. The molecule has 1 aliphatic rings. The zero-order valence-electron chi connectivity index (χ0n) is 19.9. The van der Waals surface area contributed by atoms with Crippen molar-refractivity contribution < 1.29 is 14.3 Å². The summed E-state index contributed by atoms with van der Waals surface area (Å²) in [5, 5.41) is 3.03. The molecule has 0 aliphatic carbocycles. The van der Waals surface area contributed by atoms with E-state index in [9.17, 15) is 4.79 Å². The van der Waals surface area contributed by atoms with Crippen LogP contribution in [-0.4, -0.2) is 74.3 Å². The van der Waals surface area contributed by atoms with Gasteiger partial charge in [0.1, 0.15) is 11.6 Å². The van der Waals surface area contributed by atoms with Crippen LogP contribution >= 0.6 is 0 Å². The van der Waals surface area contributed by atoms with Crippen LogP contribution in [0.25, 0.3) is 0 Å². The van der Waals surface area contributed by atoms with Gasteiger partial charge in [-0.3, -0.25) is 9.69 Å². The molecule has 2 aromatic rings. The molecule has 174 valence electrons. The van der Waals surface area contributed by atoms with Crippen molar-refractivity contribution in [2.24, 2.45) is 0 Å². The number of benzene rings is 1. The number of ether oxygens (including phenoxy) is 2. The van der Waals surface area contributed by atoms with Gasteiger partial charge in [-0.25, -0.2) is 9.97 Å². The molecule has 8 nitrogen and oxygen atoms in total. The van der Waals surface area contributed by atoms with Gasteiger partial charge in [-0.2, -0.15) is 0 Å². The van der Waals surface area contributed by atoms with Crippen LogP contribution in [-0.2, 0) is 11.2 Å². The fourth-order valence-corrected chi connectivity index (χ4v) is 3.77. The van der Waals surface area contributed by atoms with E-state index in [2.05, 4.69) is 33.9 Å². The number of hydrogen-bond acceptors (Lipinski definition) is 7. The summed E-state index contributed by atoms with van der Waals surface area (Å²) < 4.78 is 10.6. The Morgan fingerprint density at radius 2 is 1.78 bits per heavy atom. The quantitative estimate of drug-likeness (QED) is 0.640. The Morgan fingerprint density at radius 3 is 2.44 bits per heavy atom. The first-order chi connectivity index (χ1) is 15.4. The minimum absolute atomic E-state index is 0.0545. The smallest absolute Gasteiger partial charge is 0.234 e. The molecule has 0 bridgehead atoms. The van der Waals surface area contributed by atoms with E-state index in [1.807, 2.05) is 31.2 Å². The maximum atomic E-state index is 12.4. The standard InChI is InChI=1S/C24H35N5O3/c1-17(2)24-26-18(3)14-22(27-24)29-12-10-28(11-13-29)16-23(30)25-9-8-19-6-7-20(31-4)21(15-19)32-5/h6-7,14-15,17H,8-13,16H2,1-5H3,(H,25,30). The maximum Gasteiger partial charge on any atom is 0.234 e. The van der Waals surface area contributed by atoms with E-state index in [1.165, 1.54) is 0 Å². The lowest BCUT2D eigenvalue weighted by atomic mass is 10.1. The van der Waals surface area contributed by atoms with Gasteiger partial charge < -0.3 is 19.7 Å². The molecule has 1 saturated heterocycles. The lowest BCUT2D eigenvalue weighted by molar-refractivity contribution is -0.122. The summed E-state index contributed by atoms with van der Waals surface area (Å²) in [5.74, 6) is 3.64. The zero-order valence-corrected chi connectivity index (χ0v) is 19.9. The Kier molecular flexibility index (Phi) is 8.27. The highest BCUT2D eigenvalue weighted by Gasteiger charge is 2.21. The molecular formula is C24H35N5O3. The van der Waals surface area contributed by atoms with E-state index in [1.54, 1.807) is 14.2 Å². The molecule has 0 atom stereocenters. The summed E-state index contributed by atoms with van der Waals surface area (Å²) in [7, 11) is 3.24. The molecule has 1 aromatic carbocycles. The normalized spacial score (nSPS) is 14.5. The van der Waals surface area contributed by atoms with Gasteiger partial charge in [-0.15, -0.1) is 0 Å². The summed E-state index contributed by atoms with van der Waals surface area (Å²) in [6.45, 7) is 10.6. The Bertz CT molecular complexity index is 911. The molecule has 0 spiro atoms. The van der Waals surface area contributed by atoms with Crippen molar-refractivity contribution in [2.45, 2.75) is 33.1 Å². The van der Waals surface area contributed by atoms with Gasteiger partial charge >= 0.3 is 0 Å². The minimum atomic E-state index is 0.0545. The Labute approximate surface area is 190 Å². The van der Waals surface area contributed by atoms with Crippen molar-refractivity contribution in [3.63, 3.8) is 0 Å². The number of aromatic nitrogens is 2. The molecule has 1 aromatic heterocycles. The topological polar surface area (TPSA) is 79.8 Å². The van der Waals surface area contributed by atoms with Crippen LogP contribution in [0.1, 0.15) is 36.8 Å². The number of amides is 1. The summed E-state index contributed by atoms with van der Waals surface area (Å²) in [4.78, 5) is 26.2. The first-order valence-electron chi connectivity index (χ1n) is 11.2. The van der Waals surface area contributed by atoms with Crippen LogP contribution in [0.4, 0.5) is 5.82 Å². The summed E-state index contributed by atoms with van der Waals surface area (Å²) in [6.07, 6.45) is 0.741. The van der Waals surface area contributed by atoms with Crippen molar-refractivity contribution in [2.75, 3.05) is 58.4 Å². The molecule has 0 unspecified atom stereocenters.